The Labute approximate surface area is 136 Å². The smallest absolute Gasteiger partial charge is 0.471 e. The first-order valence-electron chi connectivity index (χ1n) is 6.91. The third kappa shape index (κ3) is 4.35. The number of nitrogens with one attached hydrogen (secondary N) is 1. The van der Waals surface area contributed by atoms with E-state index < -0.39 is 12.1 Å². The molecule has 1 aromatic carbocycles. The SMILES string of the molecule is Cl.FC(F)(F)c1nc(-c2ccc(OC3CCNCC3)cc2)no1. The summed E-state index contributed by atoms with van der Waals surface area (Å²) in [7, 11) is 0. The first-order valence-corrected chi connectivity index (χ1v) is 6.91. The van der Waals surface area contributed by atoms with E-state index in [1.807, 2.05) is 0 Å². The second-order valence-electron chi connectivity index (χ2n) is 5.01. The van der Waals surface area contributed by atoms with Crippen LogP contribution in [0.1, 0.15) is 18.7 Å². The third-order valence-electron chi connectivity index (χ3n) is 3.37. The molecule has 0 bridgehead atoms. The second-order valence-corrected chi connectivity index (χ2v) is 5.01. The van der Waals surface area contributed by atoms with Gasteiger partial charge in [0.05, 0.1) is 0 Å². The highest BCUT2D eigenvalue weighted by Crippen LogP contribution is 2.29. The van der Waals surface area contributed by atoms with Gasteiger partial charge in [-0.2, -0.15) is 18.2 Å². The van der Waals surface area contributed by atoms with Crippen LogP contribution in [0, 0.1) is 0 Å². The van der Waals surface area contributed by atoms with Crippen molar-refractivity contribution in [3.63, 3.8) is 0 Å². The number of hydrogen-bond acceptors (Lipinski definition) is 5. The molecule has 0 unspecified atom stereocenters. The number of aromatic nitrogens is 2. The van der Waals surface area contributed by atoms with Gasteiger partial charge in [0, 0.05) is 5.56 Å². The van der Waals surface area contributed by atoms with Gasteiger partial charge in [0.2, 0.25) is 5.82 Å². The molecule has 1 fully saturated rings. The van der Waals surface area contributed by atoms with Crippen LogP contribution in [0.2, 0.25) is 0 Å². The molecule has 0 aliphatic carbocycles. The summed E-state index contributed by atoms with van der Waals surface area (Å²) in [4.78, 5) is 3.35. The summed E-state index contributed by atoms with van der Waals surface area (Å²) in [6.07, 6.45) is -2.61. The molecular weight excluding hydrogens is 335 g/mol. The lowest BCUT2D eigenvalue weighted by Gasteiger charge is -2.23. The molecule has 3 rings (SSSR count). The number of ether oxygens (including phenoxy) is 1. The van der Waals surface area contributed by atoms with Crippen LogP contribution in [0.3, 0.4) is 0 Å². The van der Waals surface area contributed by atoms with E-state index in [2.05, 4.69) is 20.0 Å². The molecular formula is C14H15ClF3N3O2. The number of rotatable bonds is 3. The van der Waals surface area contributed by atoms with Gasteiger partial charge >= 0.3 is 12.1 Å². The average Bonchev–Trinajstić information content (AvgIpc) is 2.99. The van der Waals surface area contributed by atoms with Crippen molar-refractivity contribution in [3.8, 4) is 17.1 Å². The van der Waals surface area contributed by atoms with Crippen molar-refractivity contribution in [2.75, 3.05) is 13.1 Å². The van der Waals surface area contributed by atoms with Gasteiger partial charge in [-0.3, -0.25) is 0 Å². The quantitative estimate of drug-likeness (QED) is 0.921. The fraction of sp³-hybridized carbons (Fsp3) is 0.429. The van der Waals surface area contributed by atoms with Gasteiger partial charge in [0.15, 0.2) is 0 Å². The minimum Gasteiger partial charge on any atom is -0.490 e. The maximum atomic E-state index is 12.4. The molecule has 1 aromatic heterocycles. The van der Waals surface area contributed by atoms with Crippen LogP contribution in [-0.4, -0.2) is 29.3 Å². The van der Waals surface area contributed by atoms with E-state index >= 15 is 0 Å². The van der Waals surface area contributed by atoms with Crippen LogP contribution in [-0.2, 0) is 6.18 Å². The molecule has 0 atom stereocenters. The number of hydrogen-bond donors (Lipinski definition) is 1. The van der Waals surface area contributed by atoms with Crippen molar-refractivity contribution < 1.29 is 22.4 Å². The molecule has 126 valence electrons. The fourth-order valence-electron chi connectivity index (χ4n) is 2.24. The topological polar surface area (TPSA) is 60.2 Å². The Morgan fingerprint density at radius 1 is 1.13 bits per heavy atom. The van der Waals surface area contributed by atoms with E-state index in [1.165, 1.54) is 0 Å². The Bertz CT molecular complexity index is 625. The first-order chi connectivity index (χ1) is 10.5. The van der Waals surface area contributed by atoms with Crippen LogP contribution in [0.5, 0.6) is 5.75 Å². The van der Waals surface area contributed by atoms with Gasteiger partial charge in [-0.05, 0) is 50.2 Å². The maximum Gasteiger partial charge on any atom is 0.471 e. The predicted molar refractivity (Wildman–Crippen MR) is 78.5 cm³/mol. The Kier molecular flexibility index (Phi) is 5.48. The van der Waals surface area contributed by atoms with Crippen LogP contribution in [0.25, 0.3) is 11.4 Å². The van der Waals surface area contributed by atoms with E-state index in [0.717, 1.165) is 25.9 Å². The molecule has 2 heterocycles. The van der Waals surface area contributed by atoms with Crippen LogP contribution < -0.4 is 10.1 Å². The summed E-state index contributed by atoms with van der Waals surface area (Å²) in [6, 6.07) is 6.62. The lowest BCUT2D eigenvalue weighted by atomic mass is 10.1. The van der Waals surface area contributed by atoms with Crippen molar-refractivity contribution in [3.05, 3.63) is 30.2 Å². The van der Waals surface area contributed by atoms with E-state index in [1.54, 1.807) is 24.3 Å². The number of halogens is 4. The zero-order chi connectivity index (χ0) is 15.6. The summed E-state index contributed by atoms with van der Waals surface area (Å²) in [5, 5.41) is 6.59. The van der Waals surface area contributed by atoms with Crippen LogP contribution in [0.15, 0.2) is 28.8 Å². The Balaban J connectivity index is 0.00000192. The summed E-state index contributed by atoms with van der Waals surface area (Å²) < 4.78 is 47.3. The number of benzene rings is 1. The van der Waals surface area contributed by atoms with Gasteiger partial charge in [0.1, 0.15) is 11.9 Å². The van der Waals surface area contributed by atoms with Gasteiger partial charge in [-0.1, -0.05) is 5.16 Å². The fourth-order valence-corrected chi connectivity index (χ4v) is 2.24. The molecule has 0 radical (unpaired) electrons. The lowest BCUT2D eigenvalue weighted by molar-refractivity contribution is -0.159. The molecule has 1 N–H and O–H groups in total. The Morgan fingerprint density at radius 3 is 2.35 bits per heavy atom. The zero-order valence-electron chi connectivity index (χ0n) is 12.0. The number of alkyl halides is 3. The van der Waals surface area contributed by atoms with Crippen molar-refractivity contribution in [1.29, 1.82) is 0 Å². The minimum atomic E-state index is -4.64. The highest BCUT2D eigenvalue weighted by atomic mass is 35.5. The molecule has 5 nitrogen and oxygen atoms in total. The molecule has 0 spiro atoms. The zero-order valence-corrected chi connectivity index (χ0v) is 12.8. The van der Waals surface area contributed by atoms with E-state index in [-0.39, 0.29) is 24.3 Å². The maximum absolute atomic E-state index is 12.4. The first kappa shape index (κ1) is 17.6. The Morgan fingerprint density at radius 2 is 1.78 bits per heavy atom. The predicted octanol–water partition coefficient (Wildman–Crippen LogP) is 3.31. The largest absolute Gasteiger partial charge is 0.490 e. The van der Waals surface area contributed by atoms with Crippen molar-refractivity contribution >= 4 is 12.4 Å². The van der Waals surface area contributed by atoms with Gasteiger partial charge in [0.25, 0.3) is 0 Å². The van der Waals surface area contributed by atoms with E-state index in [0.29, 0.717) is 11.3 Å². The van der Waals surface area contributed by atoms with Gasteiger partial charge < -0.3 is 14.6 Å². The molecule has 23 heavy (non-hydrogen) atoms. The Hall–Kier alpha value is -1.80. The van der Waals surface area contributed by atoms with E-state index in [9.17, 15) is 13.2 Å². The molecule has 9 heteroatoms. The highest BCUT2D eigenvalue weighted by Gasteiger charge is 2.38. The monoisotopic (exact) mass is 349 g/mol. The van der Waals surface area contributed by atoms with Crippen LogP contribution >= 0.6 is 12.4 Å². The van der Waals surface area contributed by atoms with Crippen LogP contribution in [0.4, 0.5) is 13.2 Å². The second kappa shape index (κ2) is 7.18. The molecule has 1 saturated heterocycles. The van der Waals surface area contributed by atoms with Crippen molar-refractivity contribution in [1.82, 2.24) is 15.5 Å². The summed E-state index contributed by atoms with van der Waals surface area (Å²) in [6.45, 7) is 1.84. The molecule has 0 amide bonds. The number of nitrogens with zero attached hydrogens (tertiary/aromatic N) is 2. The summed E-state index contributed by atoms with van der Waals surface area (Å²) >= 11 is 0. The summed E-state index contributed by atoms with van der Waals surface area (Å²) in [5.41, 5.74) is 0.442. The molecule has 2 aromatic rings. The summed E-state index contributed by atoms with van der Waals surface area (Å²) in [5.74, 6) is -0.770. The van der Waals surface area contributed by atoms with E-state index in [4.69, 9.17) is 4.74 Å². The van der Waals surface area contributed by atoms with Crippen molar-refractivity contribution in [2.24, 2.45) is 0 Å². The van der Waals surface area contributed by atoms with Crippen molar-refractivity contribution in [2.45, 2.75) is 25.1 Å². The third-order valence-corrected chi connectivity index (χ3v) is 3.37. The number of piperidine rings is 1. The van der Waals surface area contributed by atoms with Gasteiger partial charge in [-0.25, -0.2) is 0 Å². The highest BCUT2D eigenvalue weighted by molar-refractivity contribution is 5.85. The van der Waals surface area contributed by atoms with Gasteiger partial charge in [-0.15, -0.1) is 12.4 Å². The standard InChI is InChI=1S/C14H14F3N3O2.ClH/c15-14(16,17)13-19-12(20-22-13)9-1-3-10(4-2-9)21-11-5-7-18-8-6-11;/h1-4,11,18H,5-8H2;1H. The minimum absolute atomic E-state index is 0. The molecule has 1 aliphatic rings. The molecule has 1 aliphatic heterocycles. The normalized spacial score (nSPS) is 16.0. The lowest BCUT2D eigenvalue weighted by Crippen LogP contribution is -2.34. The molecule has 0 saturated carbocycles. The average molecular weight is 350 g/mol.